The minimum atomic E-state index is -3.75. The smallest absolute Gasteiger partial charge is 0.228 e. The van der Waals surface area contributed by atoms with E-state index in [9.17, 15) is 18.0 Å². The summed E-state index contributed by atoms with van der Waals surface area (Å²) in [7, 11) is -3.75. The van der Waals surface area contributed by atoms with Crippen molar-refractivity contribution in [2.45, 2.75) is 11.7 Å². The molecule has 0 bridgehead atoms. The van der Waals surface area contributed by atoms with E-state index >= 15 is 0 Å². The van der Waals surface area contributed by atoms with E-state index in [1.54, 1.807) is 48.5 Å². The van der Waals surface area contributed by atoms with Crippen molar-refractivity contribution in [3.8, 4) is 0 Å². The first kappa shape index (κ1) is 16.4. The van der Waals surface area contributed by atoms with E-state index in [4.69, 9.17) is 5.14 Å². The molecule has 0 aliphatic carbocycles. The normalized spacial score (nSPS) is 18.0. The first-order valence-electron chi connectivity index (χ1n) is 7.38. The average Bonchev–Trinajstić information content (AvgIpc) is 2.97. The Labute approximate surface area is 139 Å². The van der Waals surface area contributed by atoms with Gasteiger partial charge in [0, 0.05) is 29.8 Å². The number of carbonyl (C=O) groups is 2. The molecule has 1 unspecified atom stereocenters. The molecule has 1 amide bonds. The molecule has 0 aromatic heterocycles. The molecule has 1 atom stereocenters. The highest BCUT2D eigenvalue weighted by atomic mass is 32.2. The van der Waals surface area contributed by atoms with Crippen molar-refractivity contribution < 1.29 is 18.0 Å². The number of hydrogen-bond acceptors (Lipinski definition) is 4. The maximum atomic E-state index is 12.4. The summed E-state index contributed by atoms with van der Waals surface area (Å²) in [5.41, 5.74) is 1.63. The van der Waals surface area contributed by atoms with Gasteiger partial charge >= 0.3 is 0 Å². The van der Waals surface area contributed by atoms with Crippen LogP contribution in [0.3, 0.4) is 0 Å². The van der Waals surface area contributed by atoms with E-state index in [1.165, 1.54) is 4.90 Å². The van der Waals surface area contributed by atoms with E-state index in [1.807, 2.05) is 6.07 Å². The van der Waals surface area contributed by atoms with Crippen LogP contribution in [0.15, 0.2) is 54.6 Å². The van der Waals surface area contributed by atoms with Gasteiger partial charge in [-0.15, -0.1) is 0 Å². The molecule has 2 aromatic carbocycles. The molecule has 1 saturated heterocycles. The molecule has 24 heavy (non-hydrogen) atoms. The summed E-state index contributed by atoms with van der Waals surface area (Å²) in [6, 6.07) is 15.4. The summed E-state index contributed by atoms with van der Waals surface area (Å²) in [5.74, 6) is -0.409. The maximum absolute atomic E-state index is 12.4. The molecular formula is C17H16N2O4S. The van der Waals surface area contributed by atoms with Crippen LogP contribution in [-0.4, -0.2) is 31.9 Å². The summed E-state index contributed by atoms with van der Waals surface area (Å²) in [6.45, 7) is 0.0314. The zero-order chi connectivity index (χ0) is 17.3. The number of ketones is 1. The molecule has 1 aliphatic rings. The topological polar surface area (TPSA) is 97.5 Å². The lowest BCUT2D eigenvalue weighted by molar-refractivity contribution is -0.117. The first-order chi connectivity index (χ1) is 11.4. The summed E-state index contributed by atoms with van der Waals surface area (Å²) in [5, 5.41) is 4.23. The summed E-state index contributed by atoms with van der Waals surface area (Å²) < 4.78 is 22.8. The maximum Gasteiger partial charge on any atom is 0.228 e. The highest BCUT2D eigenvalue weighted by Crippen LogP contribution is 2.25. The Morgan fingerprint density at radius 2 is 1.58 bits per heavy atom. The number of anilines is 1. The van der Waals surface area contributed by atoms with Gasteiger partial charge in [0.2, 0.25) is 15.9 Å². The van der Waals surface area contributed by atoms with Crippen LogP contribution in [0.2, 0.25) is 0 Å². The van der Waals surface area contributed by atoms with Gasteiger partial charge in [-0.1, -0.05) is 30.3 Å². The van der Waals surface area contributed by atoms with Gasteiger partial charge in [-0.05, 0) is 24.3 Å². The van der Waals surface area contributed by atoms with Gasteiger partial charge in [-0.3, -0.25) is 9.59 Å². The fourth-order valence-corrected chi connectivity index (χ4v) is 3.43. The molecule has 124 valence electrons. The number of amides is 1. The standard InChI is InChI=1S/C17H16N2O4S/c18-24(22,23)15-10-16(20)19(11-15)14-8-6-13(7-9-14)17(21)12-4-2-1-3-5-12/h1-9,15H,10-11H2,(H2,18,22,23). The van der Waals surface area contributed by atoms with Crippen LogP contribution in [0.5, 0.6) is 0 Å². The molecule has 1 aliphatic heterocycles. The molecule has 0 saturated carbocycles. The molecule has 2 aromatic rings. The second kappa shape index (κ2) is 6.18. The van der Waals surface area contributed by atoms with Crippen molar-refractivity contribution in [2.75, 3.05) is 11.4 Å². The second-order valence-electron chi connectivity index (χ2n) is 5.66. The van der Waals surface area contributed by atoms with Crippen LogP contribution in [-0.2, 0) is 14.8 Å². The number of primary sulfonamides is 1. The number of rotatable bonds is 4. The SMILES string of the molecule is NS(=O)(=O)C1CC(=O)N(c2ccc(C(=O)c3ccccc3)cc2)C1. The summed E-state index contributed by atoms with van der Waals surface area (Å²) in [4.78, 5) is 25.7. The molecule has 1 fully saturated rings. The van der Waals surface area contributed by atoms with Crippen LogP contribution in [0.1, 0.15) is 22.3 Å². The minimum Gasteiger partial charge on any atom is -0.311 e. The van der Waals surface area contributed by atoms with E-state index in [0.29, 0.717) is 16.8 Å². The molecule has 1 heterocycles. The zero-order valence-electron chi connectivity index (χ0n) is 12.8. The Balaban J connectivity index is 1.80. The average molecular weight is 344 g/mol. The van der Waals surface area contributed by atoms with Gasteiger partial charge in [0.25, 0.3) is 0 Å². The van der Waals surface area contributed by atoms with Gasteiger partial charge in [0.1, 0.15) is 5.25 Å². The number of nitrogens with two attached hydrogens (primary N) is 1. The van der Waals surface area contributed by atoms with E-state index in [2.05, 4.69) is 0 Å². The molecule has 0 spiro atoms. The van der Waals surface area contributed by atoms with Gasteiger partial charge < -0.3 is 4.90 Å². The number of benzene rings is 2. The van der Waals surface area contributed by atoms with Crippen molar-refractivity contribution in [1.82, 2.24) is 0 Å². The van der Waals surface area contributed by atoms with Gasteiger partial charge in [0.05, 0.1) is 0 Å². The first-order valence-corrected chi connectivity index (χ1v) is 8.99. The molecule has 2 N–H and O–H groups in total. The minimum absolute atomic E-state index is 0.0314. The van der Waals surface area contributed by atoms with E-state index in [-0.39, 0.29) is 24.7 Å². The quantitative estimate of drug-likeness (QED) is 0.846. The highest BCUT2D eigenvalue weighted by molar-refractivity contribution is 7.89. The van der Waals surface area contributed by atoms with E-state index < -0.39 is 15.3 Å². The monoisotopic (exact) mass is 344 g/mol. The largest absolute Gasteiger partial charge is 0.311 e. The Kier molecular flexibility index (Phi) is 4.21. The molecular weight excluding hydrogens is 328 g/mol. The molecule has 3 rings (SSSR count). The lowest BCUT2D eigenvalue weighted by atomic mass is 10.0. The van der Waals surface area contributed by atoms with Gasteiger partial charge in [0.15, 0.2) is 5.78 Å². The molecule has 7 heteroatoms. The van der Waals surface area contributed by atoms with Crippen LogP contribution in [0.4, 0.5) is 5.69 Å². The number of carbonyl (C=O) groups excluding carboxylic acids is 2. The van der Waals surface area contributed by atoms with Crippen LogP contribution in [0, 0.1) is 0 Å². The predicted molar refractivity (Wildman–Crippen MR) is 90.2 cm³/mol. The lowest BCUT2D eigenvalue weighted by Crippen LogP contribution is -2.32. The fraction of sp³-hybridized carbons (Fsp3) is 0.176. The van der Waals surface area contributed by atoms with Crippen molar-refractivity contribution >= 4 is 27.4 Å². The van der Waals surface area contributed by atoms with E-state index in [0.717, 1.165) is 0 Å². The Morgan fingerprint density at radius 3 is 2.12 bits per heavy atom. The second-order valence-corrected chi connectivity index (χ2v) is 7.51. The van der Waals surface area contributed by atoms with Crippen molar-refractivity contribution in [2.24, 2.45) is 5.14 Å². The van der Waals surface area contributed by atoms with Crippen molar-refractivity contribution in [3.05, 3.63) is 65.7 Å². The van der Waals surface area contributed by atoms with Gasteiger partial charge in [-0.25, -0.2) is 13.6 Å². The molecule has 6 nitrogen and oxygen atoms in total. The highest BCUT2D eigenvalue weighted by Gasteiger charge is 2.37. The van der Waals surface area contributed by atoms with Crippen molar-refractivity contribution in [1.29, 1.82) is 0 Å². The predicted octanol–water partition coefficient (Wildman–Crippen LogP) is 1.31. The molecule has 0 radical (unpaired) electrons. The van der Waals surface area contributed by atoms with Crippen LogP contribution < -0.4 is 10.0 Å². The summed E-state index contributed by atoms with van der Waals surface area (Å²) >= 11 is 0. The number of nitrogens with zero attached hydrogens (tertiary/aromatic N) is 1. The Bertz CT molecular complexity index is 877. The third-order valence-corrected chi connectivity index (χ3v) is 5.28. The summed E-state index contributed by atoms with van der Waals surface area (Å²) in [6.07, 6.45) is -0.121. The van der Waals surface area contributed by atoms with Crippen LogP contribution in [0.25, 0.3) is 0 Å². The number of sulfonamides is 1. The zero-order valence-corrected chi connectivity index (χ0v) is 13.6. The third kappa shape index (κ3) is 3.22. The third-order valence-electron chi connectivity index (χ3n) is 4.03. The van der Waals surface area contributed by atoms with Gasteiger partial charge in [-0.2, -0.15) is 0 Å². The number of hydrogen-bond donors (Lipinski definition) is 1. The lowest BCUT2D eigenvalue weighted by Gasteiger charge is -2.16. The van der Waals surface area contributed by atoms with Crippen LogP contribution >= 0.6 is 0 Å². The Hall–Kier alpha value is -2.51. The van der Waals surface area contributed by atoms with Crippen molar-refractivity contribution in [3.63, 3.8) is 0 Å². The fourth-order valence-electron chi connectivity index (χ4n) is 2.69. The Morgan fingerprint density at radius 1 is 1.00 bits per heavy atom.